The van der Waals surface area contributed by atoms with Crippen molar-refractivity contribution in [3.8, 4) is 0 Å². The number of carboxylic acids is 1. The van der Waals surface area contributed by atoms with Gasteiger partial charge in [0.15, 0.2) is 0 Å². The fraction of sp³-hybridized carbons (Fsp3) is 0.571. The summed E-state index contributed by atoms with van der Waals surface area (Å²) in [4.78, 5) is 37.8. The highest BCUT2D eigenvalue weighted by atomic mass is 16.4. The predicted molar refractivity (Wildman–Crippen MR) is 104 cm³/mol. The van der Waals surface area contributed by atoms with Crippen LogP contribution in [0.25, 0.3) is 0 Å². The zero-order chi connectivity index (χ0) is 20.2. The molecule has 148 valence electrons. The molecule has 1 aromatic carbocycles. The predicted octanol–water partition coefficient (Wildman–Crippen LogP) is 3.17. The van der Waals surface area contributed by atoms with E-state index in [1.807, 2.05) is 32.9 Å². The van der Waals surface area contributed by atoms with Gasteiger partial charge in [-0.15, -0.1) is 0 Å². The Bertz CT molecular complexity index is 691. The molecule has 1 heterocycles. The molecule has 0 bridgehead atoms. The van der Waals surface area contributed by atoms with Gasteiger partial charge in [-0.25, -0.2) is 0 Å². The van der Waals surface area contributed by atoms with Crippen molar-refractivity contribution < 1.29 is 19.5 Å². The number of nitrogens with one attached hydrogen (secondary N) is 1. The first-order valence-electron chi connectivity index (χ1n) is 9.50. The van der Waals surface area contributed by atoms with Gasteiger partial charge in [0.25, 0.3) is 0 Å². The smallest absolute Gasteiger partial charge is 0.306 e. The maximum atomic E-state index is 12.6. The van der Waals surface area contributed by atoms with Gasteiger partial charge in [0.1, 0.15) is 0 Å². The molecule has 2 unspecified atom stereocenters. The van der Waals surface area contributed by atoms with Crippen LogP contribution in [0.2, 0.25) is 0 Å². The Balaban J connectivity index is 1.94. The molecular weight excluding hydrogens is 344 g/mol. The number of carboxylic acid groups (broad SMARTS) is 1. The van der Waals surface area contributed by atoms with Crippen LogP contribution in [-0.4, -0.2) is 40.9 Å². The normalized spacial score (nSPS) is 18.7. The summed E-state index contributed by atoms with van der Waals surface area (Å²) in [7, 11) is 0. The number of rotatable bonds is 5. The molecule has 1 aromatic rings. The fourth-order valence-corrected chi connectivity index (χ4v) is 3.26. The van der Waals surface area contributed by atoms with Gasteiger partial charge in [-0.3, -0.25) is 14.4 Å². The standard InChI is InChI=1S/C21H30N2O4/c1-14(19(25)26)12-15-7-9-17(10-8-15)22-18(24)16-6-5-11-23(13-16)20(27)21(2,3)4/h7-10,14,16H,5-6,11-13H2,1-4H3,(H,22,24)(H,25,26). The quantitative estimate of drug-likeness (QED) is 0.829. The Morgan fingerprint density at radius 3 is 2.41 bits per heavy atom. The first-order chi connectivity index (χ1) is 12.6. The monoisotopic (exact) mass is 374 g/mol. The Hall–Kier alpha value is -2.37. The first-order valence-corrected chi connectivity index (χ1v) is 9.50. The van der Waals surface area contributed by atoms with Crippen LogP contribution < -0.4 is 5.32 Å². The van der Waals surface area contributed by atoms with E-state index >= 15 is 0 Å². The number of carbonyl (C=O) groups is 3. The van der Waals surface area contributed by atoms with Crippen LogP contribution in [0.3, 0.4) is 0 Å². The number of amides is 2. The lowest BCUT2D eigenvalue weighted by Gasteiger charge is -2.35. The topological polar surface area (TPSA) is 86.7 Å². The van der Waals surface area contributed by atoms with Gasteiger partial charge in [-0.1, -0.05) is 39.8 Å². The van der Waals surface area contributed by atoms with E-state index in [1.54, 1.807) is 24.0 Å². The number of likely N-dealkylation sites (tertiary alicyclic amines) is 1. The van der Waals surface area contributed by atoms with Crippen LogP contribution in [0.15, 0.2) is 24.3 Å². The lowest BCUT2D eigenvalue weighted by atomic mass is 9.91. The summed E-state index contributed by atoms with van der Waals surface area (Å²) in [6, 6.07) is 7.27. The Labute approximate surface area is 160 Å². The van der Waals surface area contributed by atoms with Crippen LogP contribution in [0.1, 0.15) is 46.1 Å². The summed E-state index contributed by atoms with van der Waals surface area (Å²) >= 11 is 0. The van der Waals surface area contributed by atoms with E-state index in [4.69, 9.17) is 5.11 Å². The van der Waals surface area contributed by atoms with E-state index in [9.17, 15) is 14.4 Å². The van der Waals surface area contributed by atoms with Crippen molar-refractivity contribution in [1.82, 2.24) is 4.90 Å². The molecule has 6 heteroatoms. The SMILES string of the molecule is CC(Cc1ccc(NC(=O)C2CCCN(C(=O)C(C)(C)C)C2)cc1)C(=O)O. The molecule has 27 heavy (non-hydrogen) atoms. The van der Waals surface area contributed by atoms with E-state index in [0.29, 0.717) is 25.2 Å². The van der Waals surface area contributed by atoms with E-state index in [-0.39, 0.29) is 17.7 Å². The molecule has 0 aliphatic carbocycles. The molecule has 1 aliphatic rings. The molecule has 1 aliphatic heterocycles. The molecule has 2 atom stereocenters. The molecule has 6 nitrogen and oxygen atoms in total. The second-order valence-corrected chi connectivity index (χ2v) is 8.47. The lowest BCUT2D eigenvalue weighted by Crippen LogP contribution is -2.47. The summed E-state index contributed by atoms with van der Waals surface area (Å²) < 4.78 is 0. The second-order valence-electron chi connectivity index (χ2n) is 8.47. The van der Waals surface area contributed by atoms with Crippen LogP contribution in [0, 0.1) is 17.3 Å². The maximum Gasteiger partial charge on any atom is 0.306 e. The van der Waals surface area contributed by atoms with Crippen molar-refractivity contribution in [2.45, 2.75) is 47.0 Å². The highest BCUT2D eigenvalue weighted by Gasteiger charge is 2.33. The van der Waals surface area contributed by atoms with Gasteiger partial charge in [0.05, 0.1) is 11.8 Å². The van der Waals surface area contributed by atoms with Crippen molar-refractivity contribution in [2.24, 2.45) is 17.3 Å². The van der Waals surface area contributed by atoms with Crippen LogP contribution in [-0.2, 0) is 20.8 Å². The average Bonchev–Trinajstić information content (AvgIpc) is 2.61. The van der Waals surface area contributed by atoms with Crippen LogP contribution in [0.5, 0.6) is 0 Å². The van der Waals surface area contributed by atoms with E-state index in [2.05, 4.69) is 5.32 Å². The number of benzene rings is 1. The summed E-state index contributed by atoms with van der Waals surface area (Å²) in [6.45, 7) is 8.52. The molecule has 2 N–H and O–H groups in total. The minimum absolute atomic E-state index is 0.0759. The Morgan fingerprint density at radius 2 is 1.85 bits per heavy atom. The third-order valence-electron chi connectivity index (χ3n) is 4.91. The van der Waals surface area contributed by atoms with Crippen molar-refractivity contribution in [1.29, 1.82) is 0 Å². The number of carbonyl (C=O) groups excluding carboxylic acids is 2. The molecule has 0 radical (unpaired) electrons. The summed E-state index contributed by atoms with van der Waals surface area (Å²) in [5, 5.41) is 11.9. The molecular formula is C21H30N2O4. The molecule has 1 fully saturated rings. The fourth-order valence-electron chi connectivity index (χ4n) is 3.26. The number of anilines is 1. The molecule has 0 saturated carbocycles. The number of nitrogens with zero attached hydrogens (tertiary/aromatic N) is 1. The minimum atomic E-state index is -0.820. The zero-order valence-corrected chi connectivity index (χ0v) is 16.6. The third kappa shape index (κ3) is 5.81. The van der Waals surface area contributed by atoms with Crippen LogP contribution in [0.4, 0.5) is 5.69 Å². The largest absolute Gasteiger partial charge is 0.481 e. The molecule has 1 saturated heterocycles. The van der Waals surface area contributed by atoms with Gasteiger partial charge < -0.3 is 15.3 Å². The van der Waals surface area contributed by atoms with Gasteiger partial charge in [-0.2, -0.15) is 0 Å². The van der Waals surface area contributed by atoms with E-state index in [1.165, 1.54) is 0 Å². The van der Waals surface area contributed by atoms with Crippen molar-refractivity contribution >= 4 is 23.5 Å². The Morgan fingerprint density at radius 1 is 1.22 bits per heavy atom. The maximum absolute atomic E-state index is 12.6. The van der Waals surface area contributed by atoms with Gasteiger partial charge in [0.2, 0.25) is 11.8 Å². The molecule has 0 aromatic heterocycles. The second kappa shape index (κ2) is 8.55. The van der Waals surface area contributed by atoms with Crippen molar-refractivity contribution in [3.63, 3.8) is 0 Å². The summed E-state index contributed by atoms with van der Waals surface area (Å²) in [5.41, 5.74) is 1.16. The third-order valence-corrected chi connectivity index (χ3v) is 4.91. The minimum Gasteiger partial charge on any atom is -0.481 e. The number of hydrogen-bond acceptors (Lipinski definition) is 3. The average molecular weight is 374 g/mol. The number of aliphatic carboxylic acids is 1. The highest BCUT2D eigenvalue weighted by Crippen LogP contribution is 2.24. The van der Waals surface area contributed by atoms with Gasteiger partial charge >= 0.3 is 5.97 Å². The molecule has 2 rings (SSSR count). The van der Waals surface area contributed by atoms with Crippen molar-refractivity contribution in [2.75, 3.05) is 18.4 Å². The first kappa shape index (κ1) is 20.9. The van der Waals surface area contributed by atoms with E-state index in [0.717, 1.165) is 18.4 Å². The van der Waals surface area contributed by atoms with Gasteiger partial charge in [-0.05, 0) is 37.0 Å². The van der Waals surface area contributed by atoms with Crippen molar-refractivity contribution in [3.05, 3.63) is 29.8 Å². The summed E-state index contributed by atoms with van der Waals surface area (Å²) in [6.07, 6.45) is 2.05. The molecule has 0 spiro atoms. The number of piperidine rings is 1. The number of hydrogen-bond donors (Lipinski definition) is 2. The zero-order valence-electron chi connectivity index (χ0n) is 16.6. The highest BCUT2D eigenvalue weighted by molar-refractivity contribution is 5.93. The Kier molecular flexibility index (Phi) is 6.63. The van der Waals surface area contributed by atoms with E-state index < -0.39 is 17.3 Å². The van der Waals surface area contributed by atoms with Gasteiger partial charge in [0, 0.05) is 24.2 Å². The lowest BCUT2D eigenvalue weighted by molar-refractivity contribution is -0.142. The molecule has 2 amide bonds. The summed E-state index contributed by atoms with van der Waals surface area (Å²) in [5.74, 6) is -1.47. The van der Waals surface area contributed by atoms with Crippen LogP contribution >= 0.6 is 0 Å².